The van der Waals surface area contributed by atoms with Crippen molar-refractivity contribution >= 4 is 11.6 Å². The van der Waals surface area contributed by atoms with Crippen molar-refractivity contribution in [2.24, 2.45) is 0 Å². The molecule has 0 aromatic heterocycles. The van der Waals surface area contributed by atoms with Crippen molar-refractivity contribution in [1.82, 2.24) is 10.6 Å². The smallest absolute Gasteiger partial charge is 0.231 e. The second-order valence-corrected chi connectivity index (χ2v) is 5.43. The van der Waals surface area contributed by atoms with E-state index in [1.54, 1.807) is 0 Å². The van der Waals surface area contributed by atoms with Crippen LogP contribution in [0.15, 0.2) is 18.2 Å². The van der Waals surface area contributed by atoms with E-state index in [-0.39, 0.29) is 5.91 Å². The molecule has 1 unspecified atom stereocenters. The van der Waals surface area contributed by atoms with Crippen LogP contribution in [0.1, 0.15) is 24.0 Å². The Morgan fingerprint density at radius 3 is 3.11 bits per heavy atom. The molecule has 19 heavy (non-hydrogen) atoms. The molecule has 1 fully saturated rings. The van der Waals surface area contributed by atoms with E-state index in [1.165, 1.54) is 11.1 Å². The number of hydrogen-bond acceptors (Lipinski definition) is 3. The molecule has 0 radical (unpaired) electrons. The van der Waals surface area contributed by atoms with Gasteiger partial charge in [0.25, 0.3) is 0 Å². The molecule has 0 saturated carbocycles. The molecule has 1 aromatic carbocycles. The van der Waals surface area contributed by atoms with Gasteiger partial charge in [-0.3, -0.25) is 4.79 Å². The van der Waals surface area contributed by atoms with Gasteiger partial charge >= 0.3 is 0 Å². The van der Waals surface area contributed by atoms with E-state index >= 15 is 0 Å². The Balaban J connectivity index is 1.86. The number of anilines is 1. The minimum absolute atomic E-state index is 0.255. The van der Waals surface area contributed by atoms with Gasteiger partial charge in [0.05, 0.1) is 6.42 Å². The lowest BCUT2D eigenvalue weighted by atomic mass is 10.0. The van der Waals surface area contributed by atoms with Crippen LogP contribution in [0.5, 0.6) is 0 Å². The average Bonchev–Trinajstić information content (AvgIpc) is 2.75. The fourth-order valence-corrected chi connectivity index (χ4v) is 3.17. The van der Waals surface area contributed by atoms with Crippen LogP contribution in [0.3, 0.4) is 0 Å². The summed E-state index contributed by atoms with van der Waals surface area (Å²) < 4.78 is 0. The van der Waals surface area contributed by atoms with E-state index in [0.717, 1.165) is 38.2 Å². The summed E-state index contributed by atoms with van der Waals surface area (Å²) in [6.07, 6.45) is 2.82. The fraction of sp³-hybridized carbons (Fsp3) is 0.533. The summed E-state index contributed by atoms with van der Waals surface area (Å²) in [6, 6.07) is 6.73. The van der Waals surface area contributed by atoms with Gasteiger partial charge in [0.15, 0.2) is 0 Å². The molecule has 1 atom stereocenters. The van der Waals surface area contributed by atoms with E-state index in [1.807, 2.05) is 11.9 Å². The minimum atomic E-state index is 0.255. The van der Waals surface area contributed by atoms with Gasteiger partial charge in [-0.25, -0.2) is 0 Å². The SMILES string of the molecule is CNCc1ccc2c(c1)CC(=O)N2C1CCCNC1. The molecule has 0 bridgehead atoms. The number of carbonyl (C=O) groups is 1. The van der Waals surface area contributed by atoms with Crippen molar-refractivity contribution in [1.29, 1.82) is 0 Å². The van der Waals surface area contributed by atoms with Crippen LogP contribution in [0, 0.1) is 0 Å². The zero-order chi connectivity index (χ0) is 13.2. The number of piperidine rings is 1. The third-order valence-corrected chi connectivity index (χ3v) is 4.03. The van der Waals surface area contributed by atoms with E-state index in [9.17, 15) is 4.79 Å². The van der Waals surface area contributed by atoms with E-state index in [4.69, 9.17) is 0 Å². The highest BCUT2D eigenvalue weighted by Crippen LogP contribution is 2.32. The number of nitrogens with zero attached hydrogens (tertiary/aromatic N) is 1. The Morgan fingerprint density at radius 1 is 1.47 bits per heavy atom. The maximum Gasteiger partial charge on any atom is 0.231 e. The lowest BCUT2D eigenvalue weighted by Crippen LogP contribution is -2.47. The Hall–Kier alpha value is -1.39. The third-order valence-electron chi connectivity index (χ3n) is 4.03. The molecule has 1 amide bonds. The molecular formula is C15H21N3O. The maximum absolute atomic E-state index is 12.3. The number of nitrogens with one attached hydrogen (secondary N) is 2. The molecule has 1 saturated heterocycles. The highest BCUT2D eigenvalue weighted by molar-refractivity contribution is 6.02. The average molecular weight is 259 g/mol. The number of hydrogen-bond donors (Lipinski definition) is 2. The standard InChI is InChI=1S/C15H21N3O/c1-16-9-11-4-5-14-12(7-11)8-15(19)18(14)13-3-2-6-17-10-13/h4-5,7,13,16-17H,2-3,6,8-10H2,1H3. The lowest BCUT2D eigenvalue weighted by molar-refractivity contribution is -0.117. The highest BCUT2D eigenvalue weighted by Gasteiger charge is 2.33. The fourth-order valence-electron chi connectivity index (χ4n) is 3.17. The van der Waals surface area contributed by atoms with Crippen LogP contribution in [-0.2, 0) is 17.8 Å². The van der Waals surface area contributed by atoms with Crippen LogP contribution in [0.2, 0.25) is 0 Å². The number of fused-ring (bicyclic) bond motifs is 1. The normalized spacial score (nSPS) is 22.7. The van der Waals surface area contributed by atoms with Crippen LogP contribution >= 0.6 is 0 Å². The lowest BCUT2D eigenvalue weighted by Gasteiger charge is -2.32. The van der Waals surface area contributed by atoms with Crippen molar-refractivity contribution in [3.05, 3.63) is 29.3 Å². The molecule has 3 rings (SSSR count). The van der Waals surface area contributed by atoms with Crippen LogP contribution in [0.25, 0.3) is 0 Å². The first-order valence-electron chi connectivity index (χ1n) is 7.09. The van der Waals surface area contributed by atoms with Gasteiger partial charge in [-0.1, -0.05) is 12.1 Å². The maximum atomic E-state index is 12.3. The van der Waals surface area contributed by atoms with Gasteiger partial charge in [0, 0.05) is 24.8 Å². The molecule has 2 heterocycles. The number of benzene rings is 1. The molecule has 2 aliphatic heterocycles. The Bertz CT molecular complexity index is 480. The molecule has 0 spiro atoms. The van der Waals surface area contributed by atoms with Crippen LogP contribution < -0.4 is 15.5 Å². The summed E-state index contributed by atoms with van der Waals surface area (Å²) in [5.74, 6) is 0.255. The summed E-state index contributed by atoms with van der Waals surface area (Å²) in [5.41, 5.74) is 3.56. The summed E-state index contributed by atoms with van der Waals surface area (Å²) >= 11 is 0. The molecule has 4 nitrogen and oxygen atoms in total. The first-order chi connectivity index (χ1) is 9.29. The molecule has 0 aliphatic carbocycles. The van der Waals surface area contributed by atoms with Gasteiger partial charge in [-0.05, 0) is 43.6 Å². The molecule has 2 aliphatic rings. The first kappa shape index (κ1) is 12.6. The minimum Gasteiger partial charge on any atom is -0.316 e. The summed E-state index contributed by atoms with van der Waals surface area (Å²) in [5, 5.41) is 6.54. The summed E-state index contributed by atoms with van der Waals surface area (Å²) in [7, 11) is 1.94. The predicted molar refractivity (Wildman–Crippen MR) is 76.3 cm³/mol. The van der Waals surface area contributed by atoms with Crippen LogP contribution in [0.4, 0.5) is 5.69 Å². The Kier molecular flexibility index (Phi) is 3.53. The van der Waals surface area contributed by atoms with E-state index in [0.29, 0.717) is 12.5 Å². The van der Waals surface area contributed by atoms with Crippen molar-refractivity contribution in [2.75, 3.05) is 25.0 Å². The van der Waals surface area contributed by atoms with Gasteiger partial charge in [0.1, 0.15) is 0 Å². The van der Waals surface area contributed by atoms with Crippen molar-refractivity contribution < 1.29 is 4.79 Å². The van der Waals surface area contributed by atoms with Gasteiger partial charge in [-0.2, -0.15) is 0 Å². The monoisotopic (exact) mass is 259 g/mol. The van der Waals surface area contributed by atoms with Crippen LogP contribution in [-0.4, -0.2) is 32.1 Å². The zero-order valence-electron chi connectivity index (χ0n) is 11.4. The second-order valence-electron chi connectivity index (χ2n) is 5.43. The van der Waals surface area contributed by atoms with E-state index in [2.05, 4.69) is 28.8 Å². The molecule has 2 N–H and O–H groups in total. The Labute approximate surface area is 114 Å². The first-order valence-corrected chi connectivity index (χ1v) is 7.09. The van der Waals surface area contributed by atoms with E-state index < -0.39 is 0 Å². The Morgan fingerprint density at radius 2 is 2.37 bits per heavy atom. The highest BCUT2D eigenvalue weighted by atomic mass is 16.2. The summed E-state index contributed by atoms with van der Waals surface area (Å²) in [6.45, 7) is 2.85. The summed E-state index contributed by atoms with van der Waals surface area (Å²) in [4.78, 5) is 14.3. The van der Waals surface area contributed by atoms with Gasteiger partial charge in [-0.15, -0.1) is 0 Å². The number of rotatable bonds is 3. The van der Waals surface area contributed by atoms with Crippen molar-refractivity contribution in [2.45, 2.75) is 31.8 Å². The molecule has 102 valence electrons. The van der Waals surface area contributed by atoms with Gasteiger partial charge < -0.3 is 15.5 Å². The second kappa shape index (κ2) is 5.31. The van der Waals surface area contributed by atoms with Gasteiger partial charge in [0.2, 0.25) is 5.91 Å². The predicted octanol–water partition coefficient (Wildman–Crippen LogP) is 1.05. The number of amides is 1. The van der Waals surface area contributed by atoms with Crippen molar-refractivity contribution in [3.8, 4) is 0 Å². The molecular weight excluding hydrogens is 238 g/mol. The van der Waals surface area contributed by atoms with Crippen molar-refractivity contribution in [3.63, 3.8) is 0 Å². The largest absolute Gasteiger partial charge is 0.316 e. The quantitative estimate of drug-likeness (QED) is 0.853. The third kappa shape index (κ3) is 2.38. The number of carbonyl (C=O) groups excluding carboxylic acids is 1. The molecule has 4 heteroatoms. The topological polar surface area (TPSA) is 44.4 Å². The molecule has 1 aromatic rings. The zero-order valence-corrected chi connectivity index (χ0v) is 11.4.